The van der Waals surface area contributed by atoms with Crippen molar-refractivity contribution in [2.24, 2.45) is 0 Å². The summed E-state index contributed by atoms with van der Waals surface area (Å²) in [6, 6.07) is 1.59. The van der Waals surface area contributed by atoms with Gasteiger partial charge >= 0.3 is 5.63 Å². The molecule has 0 atom stereocenters. The third kappa shape index (κ3) is 5.32. The van der Waals surface area contributed by atoms with Gasteiger partial charge in [0.15, 0.2) is 23.4 Å². The Balaban J connectivity index is 1.89. The minimum Gasteiger partial charge on any atom is -0.504 e. The van der Waals surface area contributed by atoms with Crippen LogP contribution in [0.3, 0.4) is 0 Å². The molecule has 31 heavy (non-hydrogen) atoms. The summed E-state index contributed by atoms with van der Waals surface area (Å²) >= 11 is 0. The molecule has 2 aromatic rings. The molecule has 0 unspecified atom stereocenters. The van der Waals surface area contributed by atoms with Gasteiger partial charge in [-0.15, -0.1) is 0 Å². The van der Waals surface area contributed by atoms with Gasteiger partial charge in [-0.05, 0) is 31.4 Å². The van der Waals surface area contributed by atoms with Crippen molar-refractivity contribution in [2.45, 2.75) is 39.5 Å². The van der Waals surface area contributed by atoms with Crippen molar-refractivity contribution in [1.82, 2.24) is 4.90 Å². The van der Waals surface area contributed by atoms with E-state index in [1.54, 1.807) is 13.0 Å². The minimum atomic E-state index is -0.599. The summed E-state index contributed by atoms with van der Waals surface area (Å²) in [5.41, 5.74) is 0.333. The van der Waals surface area contributed by atoms with Gasteiger partial charge in [0.1, 0.15) is 18.0 Å². The number of phenols is 1. The number of rotatable bonds is 10. The lowest BCUT2D eigenvalue weighted by molar-refractivity contribution is -0.119. The van der Waals surface area contributed by atoms with E-state index in [0.717, 1.165) is 19.5 Å². The van der Waals surface area contributed by atoms with E-state index in [-0.39, 0.29) is 41.3 Å². The number of fused-ring (bicyclic) bond motifs is 1. The van der Waals surface area contributed by atoms with Gasteiger partial charge in [-0.2, -0.15) is 0 Å². The number of ether oxygens (including phenoxy) is 2. The topological polar surface area (TPSA) is 106 Å². The number of aromatic hydroxyl groups is 1. The maximum Gasteiger partial charge on any atom is 0.339 e. The molecule has 0 aliphatic carbocycles. The highest BCUT2D eigenvalue weighted by atomic mass is 16.5. The van der Waals surface area contributed by atoms with E-state index in [9.17, 15) is 19.5 Å². The molecule has 8 nitrogen and oxygen atoms in total. The van der Waals surface area contributed by atoms with Crippen LogP contribution >= 0.6 is 0 Å². The molecule has 1 N–H and O–H groups in total. The molecular formula is C23H29NO7. The molecule has 0 amide bonds. The first kappa shape index (κ1) is 23.0. The summed E-state index contributed by atoms with van der Waals surface area (Å²) < 4.78 is 16.5. The second kappa shape index (κ2) is 10.5. The molecule has 8 heteroatoms. The molecule has 0 saturated carbocycles. The number of hydrogen-bond donors (Lipinski definition) is 1. The van der Waals surface area contributed by atoms with Gasteiger partial charge < -0.3 is 19.0 Å². The lowest BCUT2D eigenvalue weighted by Crippen LogP contribution is -2.38. The normalized spacial score (nSPS) is 14.6. The van der Waals surface area contributed by atoms with Crippen LogP contribution in [0.2, 0.25) is 0 Å². The first-order valence-electron chi connectivity index (χ1n) is 10.7. The summed E-state index contributed by atoms with van der Waals surface area (Å²) in [5, 5.41) is 11.0. The summed E-state index contributed by atoms with van der Waals surface area (Å²) in [4.78, 5) is 38.3. The van der Waals surface area contributed by atoms with Gasteiger partial charge in [0.05, 0.1) is 13.2 Å². The van der Waals surface area contributed by atoms with Gasteiger partial charge in [0.25, 0.3) is 0 Å². The predicted octanol–water partition coefficient (Wildman–Crippen LogP) is 2.63. The highest BCUT2D eigenvalue weighted by Gasteiger charge is 2.21. The van der Waals surface area contributed by atoms with E-state index in [4.69, 9.17) is 13.9 Å². The first-order valence-corrected chi connectivity index (χ1v) is 10.7. The fourth-order valence-electron chi connectivity index (χ4n) is 3.80. The first-order chi connectivity index (χ1) is 15.0. The quantitative estimate of drug-likeness (QED) is 0.452. The monoisotopic (exact) mass is 431 g/mol. The van der Waals surface area contributed by atoms with Crippen LogP contribution in [0.1, 0.15) is 47.7 Å². The Kier molecular flexibility index (Phi) is 7.81. The molecule has 3 rings (SSSR count). The second-order valence-corrected chi connectivity index (χ2v) is 7.72. The summed E-state index contributed by atoms with van der Waals surface area (Å²) in [6.45, 7) is 7.66. The lowest BCUT2D eigenvalue weighted by Gasteiger charge is -2.26. The minimum absolute atomic E-state index is 0.0270. The number of benzene rings is 1. The Morgan fingerprint density at radius 1 is 1.29 bits per heavy atom. The van der Waals surface area contributed by atoms with Crippen molar-refractivity contribution in [1.29, 1.82) is 0 Å². The zero-order valence-electron chi connectivity index (χ0n) is 18.1. The number of Topliss-reactive ketones (excluding diaryl/α,β-unsaturated/α-hetero) is 1. The van der Waals surface area contributed by atoms with Crippen LogP contribution in [-0.4, -0.2) is 61.5 Å². The average molecular weight is 431 g/mol. The van der Waals surface area contributed by atoms with Gasteiger partial charge in [0, 0.05) is 43.4 Å². The Hall–Kier alpha value is -2.71. The molecule has 168 valence electrons. The summed E-state index contributed by atoms with van der Waals surface area (Å²) in [5.74, 6) is -0.0986. The predicted molar refractivity (Wildman–Crippen MR) is 115 cm³/mol. The summed E-state index contributed by atoms with van der Waals surface area (Å²) in [7, 11) is 0. The SMILES string of the molecule is CCCC(=O)CCc1c(C)c2cc(OCCN3CCOCC3)c(O)c(C=O)c2oc1=O. The highest BCUT2D eigenvalue weighted by molar-refractivity contribution is 6.00. The maximum absolute atomic E-state index is 12.5. The molecule has 1 aliphatic rings. The highest BCUT2D eigenvalue weighted by Crippen LogP contribution is 2.37. The second-order valence-electron chi connectivity index (χ2n) is 7.72. The number of aryl methyl sites for hydroxylation is 1. The van der Waals surface area contributed by atoms with Crippen molar-refractivity contribution < 1.29 is 28.6 Å². The van der Waals surface area contributed by atoms with Gasteiger partial charge in [-0.1, -0.05) is 6.92 Å². The smallest absolute Gasteiger partial charge is 0.339 e. The van der Waals surface area contributed by atoms with Crippen molar-refractivity contribution in [2.75, 3.05) is 39.5 Å². The largest absolute Gasteiger partial charge is 0.504 e. The lowest BCUT2D eigenvalue weighted by atomic mass is 9.98. The van der Waals surface area contributed by atoms with Crippen molar-refractivity contribution in [3.05, 3.63) is 33.2 Å². The zero-order valence-corrected chi connectivity index (χ0v) is 18.1. The Bertz CT molecular complexity index is 1010. The van der Waals surface area contributed by atoms with Crippen LogP contribution in [-0.2, 0) is 16.0 Å². The molecule has 0 spiro atoms. The molecule has 0 bridgehead atoms. The van der Waals surface area contributed by atoms with Crippen LogP contribution < -0.4 is 10.4 Å². The Labute approximate surface area is 180 Å². The number of morpholine rings is 1. The third-order valence-corrected chi connectivity index (χ3v) is 5.62. The molecule has 1 aliphatic heterocycles. The molecule has 0 radical (unpaired) electrons. The number of ketones is 1. The van der Waals surface area contributed by atoms with Crippen LogP contribution in [0.5, 0.6) is 11.5 Å². The van der Waals surface area contributed by atoms with E-state index in [1.807, 2.05) is 6.92 Å². The maximum atomic E-state index is 12.5. The number of hydrogen-bond acceptors (Lipinski definition) is 8. The zero-order chi connectivity index (χ0) is 22.4. The van der Waals surface area contributed by atoms with Gasteiger partial charge in [-0.25, -0.2) is 4.79 Å². The van der Waals surface area contributed by atoms with Gasteiger partial charge in [-0.3, -0.25) is 14.5 Å². The third-order valence-electron chi connectivity index (χ3n) is 5.62. The average Bonchev–Trinajstić information content (AvgIpc) is 2.75. The van der Waals surface area contributed by atoms with Crippen molar-refractivity contribution in [3.63, 3.8) is 0 Å². The molecular weight excluding hydrogens is 402 g/mol. The number of carbonyl (C=O) groups excluding carboxylic acids is 2. The van der Waals surface area contributed by atoms with Crippen LogP contribution in [0, 0.1) is 6.92 Å². The van der Waals surface area contributed by atoms with Crippen LogP contribution in [0.4, 0.5) is 0 Å². The Morgan fingerprint density at radius 2 is 2.03 bits per heavy atom. The van der Waals surface area contributed by atoms with E-state index >= 15 is 0 Å². The number of nitrogens with zero attached hydrogens (tertiary/aromatic N) is 1. The number of aldehydes is 1. The fourth-order valence-corrected chi connectivity index (χ4v) is 3.80. The van der Waals surface area contributed by atoms with Crippen molar-refractivity contribution in [3.8, 4) is 11.5 Å². The summed E-state index contributed by atoms with van der Waals surface area (Å²) in [6.07, 6.45) is 2.22. The van der Waals surface area contributed by atoms with Crippen LogP contribution in [0.15, 0.2) is 15.3 Å². The van der Waals surface area contributed by atoms with E-state index in [1.165, 1.54) is 0 Å². The van der Waals surface area contributed by atoms with E-state index in [2.05, 4.69) is 4.90 Å². The molecule has 1 aromatic heterocycles. The van der Waals surface area contributed by atoms with Crippen molar-refractivity contribution >= 4 is 23.0 Å². The van der Waals surface area contributed by atoms with E-state index in [0.29, 0.717) is 55.6 Å². The van der Waals surface area contributed by atoms with Gasteiger partial charge in [0.2, 0.25) is 0 Å². The molecule has 1 saturated heterocycles. The molecule has 1 fully saturated rings. The van der Waals surface area contributed by atoms with E-state index < -0.39 is 5.63 Å². The standard InChI is InChI=1S/C23H29NO7/c1-3-4-16(26)5-6-17-15(2)18-13-20(30-12-9-24-7-10-29-11-8-24)21(27)19(14-25)22(18)31-23(17)28/h13-14,27H,3-12H2,1-2H3. The Morgan fingerprint density at radius 3 is 2.71 bits per heavy atom. The molecule has 2 heterocycles. The molecule has 1 aromatic carbocycles. The van der Waals surface area contributed by atoms with Crippen LogP contribution in [0.25, 0.3) is 11.0 Å². The number of carbonyl (C=O) groups is 2. The number of phenolic OH excluding ortho intramolecular Hbond substituents is 1. The fraction of sp³-hybridized carbons (Fsp3) is 0.522.